The Morgan fingerprint density at radius 3 is 2.86 bits per heavy atom. The highest BCUT2D eigenvalue weighted by Crippen LogP contribution is 2.26. The summed E-state index contributed by atoms with van der Waals surface area (Å²) in [7, 11) is 0. The van der Waals surface area contributed by atoms with Gasteiger partial charge in [-0.3, -0.25) is 14.7 Å². The maximum absolute atomic E-state index is 12.4. The molecule has 2 aliphatic rings. The van der Waals surface area contributed by atoms with Crippen LogP contribution in [0.1, 0.15) is 36.6 Å². The van der Waals surface area contributed by atoms with E-state index in [1.807, 2.05) is 12.1 Å². The lowest BCUT2D eigenvalue weighted by Crippen LogP contribution is -2.36. The van der Waals surface area contributed by atoms with E-state index in [9.17, 15) is 4.79 Å². The number of hydrogen-bond donors (Lipinski definition) is 0. The largest absolute Gasteiger partial charge is 0.444 e. The van der Waals surface area contributed by atoms with Crippen LogP contribution in [0.3, 0.4) is 0 Å². The van der Waals surface area contributed by atoms with E-state index >= 15 is 0 Å². The molecule has 0 saturated carbocycles. The second-order valence-corrected chi connectivity index (χ2v) is 7.57. The van der Waals surface area contributed by atoms with Crippen molar-refractivity contribution in [3.8, 4) is 11.3 Å². The Morgan fingerprint density at radius 1 is 1.11 bits per heavy atom. The molecule has 0 aromatic carbocycles. The van der Waals surface area contributed by atoms with Crippen LogP contribution in [0.4, 0.5) is 0 Å². The lowest BCUT2D eigenvalue weighted by molar-refractivity contribution is 0.196. The highest BCUT2D eigenvalue weighted by Gasteiger charge is 2.28. The Labute approximate surface area is 163 Å². The first-order valence-corrected chi connectivity index (χ1v) is 9.96. The predicted molar refractivity (Wildman–Crippen MR) is 104 cm³/mol. The number of oxazole rings is 1. The molecule has 0 bridgehead atoms. The van der Waals surface area contributed by atoms with E-state index in [-0.39, 0.29) is 11.6 Å². The van der Waals surface area contributed by atoms with E-state index < -0.39 is 0 Å². The third-order valence-corrected chi connectivity index (χ3v) is 5.70. The van der Waals surface area contributed by atoms with Crippen molar-refractivity contribution < 1.29 is 4.42 Å². The van der Waals surface area contributed by atoms with Crippen molar-refractivity contribution in [2.24, 2.45) is 0 Å². The van der Waals surface area contributed by atoms with E-state index in [0.717, 1.165) is 67.3 Å². The quantitative estimate of drug-likeness (QED) is 0.680. The molecular formula is C21H23N5O2. The number of likely N-dealkylation sites (tertiary alicyclic amines) is 1. The minimum Gasteiger partial charge on any atom is -0.444 e. The van der Waals surface area contributed by atoms with E-state index in [1.165, 1.54) is 0 Å². The Kier molecular flexibility index (Phi) is 4.52. The molecule has 1 unspecified atom stereocenters. The molecule has 4 heterocycles. The maximum Gasteiger partial charge on any atom is 0.266 e. The second-order valence-electron chi connectivity index (χ2n) is 7.57. The first-order chi connectivity index (χ1) is 13.8. The second kappa shape index (κ2) is 7.31. The molecular weight excluding hydrogens is 354 g/mol. The van der Waals surface area contributed by atoms with Gasteiger partial charge in [-0.1, -0.05) is 0 Å². The van der Waals surface area contributed by atoms with Gasteiger partial charge in [-0.05, 0) is 50.4 Å². The van der Waals surface area contributed by atoms with Crippen LogP contribution in [0.25, 0.3) is 11.3 Å². The fraction of sp³-hybridized carbons (Fsp3) is 0.429. The van der Waals surface area contributed by atoms with Crippen LogP contribution in [-0.2, 0) is 25.9 Å². The van der Waals surface area contributed by atoms with Gasteiger partial charge in [-0.25, -0.2) is 9.67 Å². The summed E-state index contributed by atoms with van der Waals surface area (Å²) < 4.78 is 7.54. The number of fused-ring (bicyclic) bond motifs is 1. The topological polar surface area (TPSA) is 77.1 Å². The van der Waals surface area contributed by atoms with Crippen LogP contribution in [0.5, 0.6) is 0 Å². The van der Waals surface area contributed by atoms with Crippen LogP contribution in [0.2, 0.25) is 0 Å². The Bertz CT molecular complexity index is 1010. The molecule has 1 aliphatic heterocycles. The van der Waals surface area contributed by atoms with Gasteiger partial charge >= 0.3 is 0 Å². The first kappa shape index (κ1) is 17.3. The summed E-state index contributed by atoms with van der Waals surface area (Å²) in [5.74, 6) is 1.87. The summed E-state index contributed by atoms with van der Waals surface area (Å²) >= 11 is 0. The highest BCUT2D eigenvalue weighted by atomic mass is 16.4. The first-order valence-electron chi connectivity index (χ1n) is 9.96. The van der Waals surface area contributed by atoms with Crippen molar-refractivity contribution in [1.29, 1.82) is 0 Å². The molecule has 0 radical (unpaired) electrons. The lowest BCUT2D eigenvalue weighted by atomic mass is 10.2. The molecule has 3 aromatic rings. The summed E-state index contributed by atoms with van der Waals surface area (Å²) in [6.07, 6.45) is 8.82. The number of pyridine rings is 1. The molecule has 0 spiro atoms. The predicted octanol–water partition coefficient (Wildman–Crippen LogP) is 2.45. The molecule has 28 heavy (non-hydrogen) atoms. The Morgan fingerprint density at radius 2 is 2.00 bits per heavy atom. The van der Waals surface area contributed by atoms with Gasteiger partial charge in [0.15, 0.2) is 0 Å². The molecule has 5 rings (SSSR count). The summed E-state index contributed by atoms with van der Waals surface area (Å²) in [6, 6.07) is 7.44. The third-order valence-electron chi connectivity index (χ3n) is 5.70. The van der Waals surface area contributed by atoms with Crippen molar-refractivity contribution in [2.75, 3.05) is 6.54 Å². The molecule has 1 fully saturated rings. The molecule has 1 atom stereocenters. The molecule has 3 aromatic heterocycles. The zero-order valence-electron chi connectivity index (χ0n) is 15.8. The normalized spacial score (nSPS) is 19.2. The zero-order valence-corrected chi connectivity index (χ0v) is 15.8. The van der Waals surface area contributed by atoms with Gasteiger partial charge in [0.2, 0.25) is 5.89 Å². The maximum atomic E-state index is 12.4. The number of aromatic nitrogens is 4. The molecule has 1 aliphatic carbocycles. The van der Waals surface area contributed by atoms with Crippen LogP contribution in [0.15, 0.2) is 45.9 Å². The molecule has 7 heteroatoms. The summed E-state index contributed by atoms with van der Waals surface area (Å²) in [6.45, 7) is 2.28. The molecule has 0 N–H and O–H groups in total. The standard InChI is InChI=1S/C21H23N5O2/c27-21-7-6-17(15-8-10-22-11-9-15)24-26(21)13-16-3-2-12-25(16)14-20-23-18-4-1-5-19(18)28-20/h6-11,16H,1-5,12-14H2. The van der Waals surface area contributed by atoms with Crippen molar-refractivity contribution in [3.05, 3.63) is 64.4 Å². The molecule has 0 amide bonds. The van der Waals surface area contributed by atoms with Crippen LogP contribution in [-0.4, -0.2) is 37.2 Å². The average molecular weight is 377 g/mol. The fourth-order valence-electron chi connectivity index (χ4n) is 4.25. The van der Waals surface area contributed by atoms with Crippen LogP contribution >= 0.6 is 0 Å². The van der Waals surface area contributed by atoms with Gasteiger partial charge in [0.05, 0.1) is 24.5 Å². The summed E-state index contributed by atoms with van der Waals surface area (Å²) in [5, 5.41) is 4.60. The monoisotopic (exact) mass is 377 g/mol. The van der Waals surface area contributed by atoms with Gasteiger partial charge in [0.25, 0.3) is 5.56 Å². The van der Waals surface area contributed by atoms with E-state index in [2.05, 4.69) is 20.0 Å². The number of nitrogens with zero attached hydrogens (tertiary/aromatic N) is 5. The molecule has 1 saturated heterocycles. The van der Waals surface area contributed by atoms with Crippen molar-refractivity contribution in [2.45, 2.75) is 51.2 Å². The van der Waals surface area contributed by atoms with E-state index in [1.54, 1.807) is 29.2 Å². The Balaban J connectivity index is 1.34. The SMILES string of the molecule is O=c1ccc(-c2ccncc2)nn1CC1CCCN1Cc1nc2c(o1)CCC2. The van der Waals surface area contributed by atoms with E-state index in [0.29, 0.717) is 13.1 Å². The Hall–Kier alpha value is -2.80. The van der Waals surface area contributed by atoms with Gasteiger partial charge in [-0.2, -0.15) is 5.10 Å². The molecule has 7 nitrogen and oxygen atoms in total. The van der Waals surface area contributed by atoms with Gasteiger partial charge < -0.3 is 4.42 Å². The van der Waals surface area contributed by atoms with Gasteiger partial charge in [0.1, 0.15) is 5.76 Å². The zero-order chi connectivity index (χ0) is 18.9. The summed E-state index contributed by atoms with van der Waals surface area (Å²) in [4.78, 5) is 23.5. The minimum absolute atomic E-state index is 0.0697. The van der Waals surface area contributed by atoms with Crippen molar-refractivity contribution in [1.82, 2.24) is 24.6 Å². The molecule has 144 valence electrons. The highest BCUT2D eigenvalue weighted by molar-refractivity contribution is 5.56. The van der Waals surface area contributed by atoms with Crippen LogP contribution < -0.4 is 5.56 Å². The minimum atomic E-state index is -0.0697. The van der Waals surface area contributed by atoms with Crippen LogP contribution in [0, 0.1) is 0 Å². The average Bonchev–Trinajstić information content (AvgIpc) is 3.42. The lowest BCUT2D eigenvalue weighted by Gasteiger charge is -2.23. The van der Waals surface area contributed by atoms with Gasteiger partial charge in [-0.15, -0.1) is 0 Å². The summed E-state index contributed by atoms with van der Waals surface area (Å²) in [5.41, 5.74) is 2.81. The number of aryl methyl sites for hydroxylation is 2. The number of rotatable bonds is 5. The fourth-order valence-corrected chi connectivity index (χ4v) is 4.25. The van der Waals surface area contributed by atoms with Gasteiger partial charge in [0, 0.05) is 36.5 Å². The smallest absolute Gasteiger partial charge is 0.266 e. The van der Waals surface area contributed by atoms with Crippen molar-refractivity contribution >= 4 is 0 Å². The third kappa shape index (κ3) is 3.38. The van der Waals surface area contributed by atoms with Crippen molar-refractivity contribution in [3.63, 3.8) is 0 Å². The number of hydrogen-bond acceptors (Lipinski definition) is 6. The van der Waals surface area contributed by atoms with E-state index in [4.69, 9.17) is 4.42 Å².